The molecule has 0 spiro atoms. The Balaban J connectivity index is 2.21. The summed E-state index contributed by atoms with van der Waals surface area (Å²) in [6.07, 6.45) is 8.25. The molecule has 2 rings (SSSR count). The molecule has 0 radical (unpaired) electrons. The lowest BCUT2D eigenvalue weighted by Gasteiger charge is -2.29. The topological polar surface area (TPSA) is 17.1 Å². The number of hydrogen-bond acceptors (Lipinski definition) is 2. The Morgan fingerprint density at radius 3 is 2.41 bits per heavy atom. The van der Waals surface area contributed by atoms with Gasteiger partial charge in [0.1, 0.15) is 0 Å². The van der Waals surface area contributed by atoms with Crippen molar-refractivity contribution < 1.29 is 4.79 Å². The maximum atomic E-state index is 12.2. The molecule has 1 fully saturated rings. The highest BCUT2D eigenvalue weighted by Crippen LogP contribution is 2.38. The van der Waals surface area contributed by atoms with E-state index in [0.29, 0.717) is 11.0 Å². The monoisotopic (exact) mass is 248 g/mol. The van der Waals surface area contributed by atoms with Gasteiger partial charge in [0, 0.05) is 0 Å². The standard InChI is InChI=1S/C15H20OS/c1-17-15(16)14(12-8-4-2-5-9-12)13-10-6-3-7-11-13/h2,4-5,8-9,13-14H,3,6-7,10-11H2,1H3. The first kappa shape index (κ1) is 12.7. The van der Waals surface area contributed by atoms with Crippen molar-refractivity contribution in [2.75, 3.05) is 6.26 Å². The largest absolute Gasteiger partial charge is 0.287 e. The average molecular weight is 248 g/mol. The Labute approximate surface area is 108 Å². The van der Waals surface area contributed by atoms with Crippen LogP contribution in [0.2, 0.25) is 0 Å². The van der Waals surface area contributed by atoms with Crippen LogP contribution in [0.4, 0.5) is 0 Å². The van der Waals surface area contributed by atoms with E-state index in [-0.39, 0.29) is 5.92 Å². The van der Waals surface area contributed by atoms with Gasteiger partial charge in [-0.2, -0.15) is 0 Å². The Morgan fingerprint density at radius 1 is 1.18 bits per heavy atom. The number of carbonyl (C=O) groups excluding carboxylic acids is 1. The Kier molecular flexibility index (Phi) is 4.66. The third-order valence-electron chi connectivity index (χ3n) is 3.74. The lowest BCUT2D eigenvalue weighted by atomic mass is 9.77. The van der Waals surface area contributed by atoms with E-state index in [1.165, 1.54) is 49.4 Å². The van der Waals surface area contributed by atoms with Gasteiger partial charge in [-0.25, -0.2) is 0 Å². The average Bonchev–Trinajstić information content (AvgIpc) is 2.41. The second-order valence-electron chi connectivity index (χ2n) is 4.81. The van der Waals surface area contributed by atoms with Crippen molar-refractivity contribution in [3.63, 3.8) is 0 Å². The summed E-state index contributed by atoms with van der Waals surface area (Å²) in [6, 6.07) is 10.3. The molecule has 1 saturated carbocycles. The quantitative estimate of drug-likeness (QED) is 0.796. The predicted octanol–water partition coefficient (Wildman–Crippen LogP) is 4.24. The first-order valence-corrected chi connectivity index (χ1v) is 7.68. The van der Waals surface area contributed by atoms with E-state index in [1.807, 2.05) is 24.5 Å². The fourth-order valence-electron chi connectivity index (χ4n) is 2.86. The molecular weight excluding hydrogens is 228 g/mol. The fraction of sp³-hybridized carbons (Fsp3) is 0.533. The van der Waals surface area contributed by atoms with Crippen molar-refractivity contribution in [1.29, 1.82) is 0 Å². The van der Waals surface area contributed by atoms with E-state index in [0.717, 1.165) is 0 Å². The summed E-state index contributed by atoms with van der Waals surface area (Å²) in [5.74, 6) is 0.678. The molecule has 92 valence electrons. The summed E-state index contributed by atoms with van der Waals surface area (Å²) in [5.41, 5.74) is 1.21. The minimum atomic E-state index is 0.117. The summed E-state index contributed by atoms with van der Waals surface area (Å²) in [4.78, 5) is 12.2. The van der Waals surface area contributed by atoms with Gasteiger partial charge in [0.25, 0.3) is 0 Å². The van der Waals surface area contributed by atoms with E-state index < -0.39 is 0 Å². The molecule has 0 aromatic heterocycles. The zero-order valence-electron chi connectivity index (χ0n) is 10.4. The zero-order valence-corrected chi connectivity index (χ0v) is 11.2. The number of thioether (sulfide) groups is 1. The van der Waals surface area contributed by atoms with E-state index in [9.17, 15) is 4.79 Å². The van der Waals surface area contributed by atoms with Gasteiger partial charge < -0.3 is 0 Å². The van der Waals surface area contributed by atoms with Crippen molar-refractivity contribution in [2.45, 2.75) is 38.0 Å². The third kappa shape index (κ3) is 3.12. The van der Waals surface area contributed by atoms with Crippen LogP contribution in [0.25, 0.3) is 0 Å². The highest BCUT2D eigenvalue weighted by Gasteiger charge is 2.30. The number of benzene rings is 1. The highest BCUT2D eigenvalue weighted by atomic mass is 32.2. The molecule has 1 atom stereocenters. The zero-order chi connectivity index (χ0) is 12.1. The van der Waals surface area contributed by atoms with Crippen LogP contribution in [0.5, 0.6) is 0 Å². The first-order valence-electron chi connectivity index (χ1n) is 6.45. The minimum absolute atomic E-state index is 0.117. The van der Waals surface area contributed by atoms with Gasteiger partial charge in [0.05, 0.1) is 5.92 Å². The summed E-state index contributed by atoms with van der Waals surface area (Å²) in [6.45, 7) is 0. The van der Waals surface area contributed by atoms with Gasteiger partial charge in [-0.3, -0.25) is 4.79 Å². The maximum absolute atomic E-state index is 12.2. The van der Waals surface area contributed by atoms with Gasteiger partial charge in [-0.15, -0.1) is 0 Å². The SMILES string of the molecule is CSC(=O)C(c1ccccc1)C1CCCCC1. The van der Waals surface area contributed by atoms with E-state index in [2.05, 4.69) is 12.1 Å². The van der Waals surface area contributed by atoms with Crippen LogP contribution in [0.1, 0.15) is 43.6 Å². The van der Waals surface area contributed by atoms with Crippen molar-refractivity contribution >= 4 is 16.9 Å². The molecule has 0 amide bonds. The van der Waals surface area contributed by atoms with Crippen LogP contribution in [0.3, 0.4) is 0 Å². The molecule has 1 aromatic carbocycles. The van der Waals surface area contributed by atoms with Crippen molar-refractivity contribution in [3.05, 3.63) is 35.9 Å². The first-order chi connectivity index (χ1) is 8.33. The fourth-order valence-corrected chi connectivity index (χ4v) is 3.44. The Morgan fingerprint density at radius 2 is 1.82 bits per heavy atom. The van der Waals surface area contributed by atoms with Crippen LogP contribution in [-0.4, -0.2) is 11.4 Å². The summed E-state index contributed by atoms with van der Waals surface area (Å²) in [7, 11) is 0. The smallest absolute Gasteiger partial charge is 0.196 e. The van der Waals surface area contributed by atoms with Gasteiger partial charge in [-0.05, 0) is 30.6 Å². The molecule has 2 heteroatoms. The Hall–Kier alpha value is -0.760. The predicted molar refractivity (Wildman–Crippen MR) is 74.3 cm³/mol. The second kappa shape index (κ2) is 6.25. The van der Waals surface area contributed by atoms with Crippen molar-refractivity contribution in [3.8, 4) is 0 Å². The molecule has 0 bridgehead atoms. The van der Waals surface area contributed by atoms with Gasteiger partial charge in [0.15, 0.2) is 5.12 Å². The molecular formula is C15H20OS. The molecule has 1 nitrogen and oxygen atoms in total. The van der Waals surface area contributed by atoms with Gasteiger partial charge in [-0.1, -0.05) is 61.4 Å². The third-order valence-corrected chi connectivity index (χ3v) is 4.39. The Bertz CT molecular complexity index is 354. The lowest BCUT2D eigenvalue weighted by Crippen LogP contribution is -2.22. The lowest BCUT2D eigenvalue weighted by molar-refractivity contribution is -0.113. The van der Waals surface area contributed by atoms with Gasteiger partial charge in [0.2, 0.25) is 0 Å². The molecule has 1 aliphatic rings. The van der Waals surface area contributed by atoms with E-state index >= 15 is 0 Å². The second-order valence-corrected chi connectivity index (χ2v) is 5.62. The number of hydrogen-bond donors (Lipinski definition) is 0. The summed E-state index contributed by atoms with van der Waals surface area (Å²) in [5, 5.41) is 0.336. The molecule has 1 aromatic rings. The molecule has 0 aliphatic heterocycles. The van der Waals surface area contributed by atoms with Crippen LogP contribution in [-0.2, 0) is 4.79 Å². The summed E-state index contributed by atoms with van der Waals surface area (Å²) < 4.78 is 0. The molecule has 0 N–H and O–H groups in total. The van der Waals surface area contributed by atoms with Crippen LogP contribution in [0, 0.1) is 5.92 Å². The van der Waals surface area contributed by atoms with E-state index in [1.54, 1.807) is 0 Å². The molecule has 0 saturated heterocycles. The molecule has 1 unspecified atom stereocenters. The van der Waals surface area contributed by atoms with Crippen LogP contribution in [0.15, 0.2) is 30.3 Å². The maximum Gasteiger partial charge on any atom is 0.196 e. The van der Waals surface area contributed by atoms with Gasteiger partial charge >= 0.3 is 0 Å². The van der Waals surface area contributed by atoms with E-state index in [4.69, 9.17) is 0 Å². The number of rotatable bonds is 3. The molecule has 17 heavy (non-hydrogen) atoms. The molecule has 0 heterocycles. The molecule has 1 aliphatic carbocycles. The van der Waals surface area contributed by atoms with Crippen molar-refractivity contribution in [1.82, 2.24) is 0 Å². The summed E-state index contributed by atoms with van der Waals surface area (Å²) >= 11 is 1.38. The van der Waals surface area contributed by atoms with Crippen molar-refractivity contribution in [2.24, 2.45) is 5.92 Å². The minimum Gasteiger partial charge on any atom is -0.287 e. The highest BCUT2D eigenvalue weighted by molar-refractivity contribution is 8.13. The number of carbonyl (C=O) groups is 1. The van der Waals surface area contributed by atoms with Crippen LogP contribution < -0.4 is 0 Å². The normalized spacial score (nSPS) is 18.9. The van der Waals surface area contributed by atoms with Crippen LogP contribution >= 0.6 is 11.8 Å².